The third-order valence-corrected chi connectivity index (χ3v) is 7.85. The number of benzene rings is 2. The van der Waals surface area contributed by atoms with E-state index in [-0.39, 0.29) is 17.9 Å². The Morgan fingerprint density at radius 3 is 2.63 bits per heavy atom. The number of carbonyl (C=O) groups excluding carboxylic acids is 1. The summed E-state index contributed by atoms with van der Waals surface area (Å²) in [4.78, 5) is 33.7. The quantitative estimate of drug-likeness (QED) is 0.329. The zero-order chi connectivity index (χ0) is 25.4. The fourth-order valence-corrected chi connectivity index (χ4v) is 6.49. The van der Waals surface area contributed by atoms with Gasteiger partial charge in [0, 0.05) is 29.8 Å². The smallest absolute Gasteiger partial charge is 0.338 e. The number of aromatic nitrogens is 1. The first kappa shape index (κ1) is 25.6. The highest BCUT2D eigenvalue weighted by Gasteiger charge is 2.33. The van der Waals surface area contributed by atoms with Gasteiger partial charge in [-0.15, -0.1) is 0 Å². The average molecular weight is 668 g/mol. The van der Waals surface area contributed by atoms with E-state index in [4.69, 9.17) is 4.74 Å². The molecule has 1 aliphatic rings. The molecular weight excluding hydrogens is 645 g/mol. The molecule has 4 rings (SSSR count). The summed E-state index contributed by atoms with van der Waals surface area (Å²) in [5, 5.41) is 10.5. The molecule has 0 unspecified atom stereocenters. The van der Waals surface area contributed by atoms with Crippen molar-refractivity contribution < 1.29 is 14.6 Å². The molecule has 2 heterocycles. The number of halogens is 2. The number of ether oxygens (including phenoxy) is 1. The van der Waals surface area contributed by atoms with E-state index in [1.54, 1.807) is 36.6 Å². The van der Waals surface area contributed by atoms with Gasteiger partial charge in [-0.2, -0.15) is 0 Å². The van der Waals surface area contributed by atoms with Crippen molar-refractivity contribution in [3.05, 3.63) is 86.5 Å². The van der Waals surface area contributed by atoms with Crippen LogP contribution in [0.15, 0.2) is 61.9 Å². The number of fused-ring (bicyclic) bond motifs is 1. The summed E-state index contributed by atoms with van der Waals surface area (Å²) < 4.78 is 8.74. The average Bonchev–Trinajstić information content (AvgIpc) is 3.10. The van der Waals surface area contributed by atoms with Gasteiger partial charge >= 0.3 is 5.97 Å². The number of hydrogen-bond acceptors (Lipinski definition) is 7. The first-order chi connectivity index (χ1) is 16.6. The molecule has 3 aromatic rings. The number of nitrogens with zero attached hydrogens (tertiary/aromatic N) is 3. The molecule has 0 bridgehead atoms. The van der Waals surface area contributed by atoms with E-state index in [1.165, 1.54) is 11.3 Å². The number of carbonyl (C=O) groups is 1. The van der Waals surface area contributed by atoms with Crippen LogP contribution < -0.4 is 19.8 Å². The molecule has 0 fully saturated rings. The predicted molar refractivity (Wildman–Crippen MR) is 150 cm³/mol. The molecule has 7 nitrogen and oxygen atoms in total. The molecule has 182 valence electrons. The highest BCUT2D eigenvalue weighted by atomic mass is 127. The zero-order valence-corrected chi connectivity index (χ0v) is 24.1. The molecule has 10 heteroatoms. The lowest BCUT2D eigenvalue weighted by atomic mass is 9.95. The topological polar surface area (TPSA) is 84.1 Å². The molecule has 0 aliphatic carbocycles. The number of rotatable bonds is 5. The van der Waals surface area contributed by atoms with Crippen LogP contribution in [0.4, 0.5) is 5.69 Å². The van der Waals surface area contributed by atoms with Crippen molar-refractivity contribution in [3.63, 3.8) is 0 Å². The van der Waals surface area contributed by atoms with Gasteiger partial charge in [-0.1, -0.05) is 39.4 Å². The lowest BCUT2D eigenvalue weighted by Gasteiger charge is -2.25. The molecule has 1 aliphatic heterocycles. The van der Waals surface area contributed by atoms with Gasteiger partial charge in [-0.3, -0.25) is 9.36 Å². The van der Waals surface area contributed by atoms with Crippen LogP contribution in [0.2, 0.25) is 0 Å². The largest absolute Gasteiger partial charge is 0.506 e. The van der Waals surface area contributed by atoms with E-state index >= 15 is 0 Å². The van der Waals surface area contributed by atoms with Crippen LogP contribution in [0.3, 0.4) is 0 Å². The second-order valence-electron chi connectivity index (χ2n) is 8.11. The van der Waals surface area contributed by atoms with Crippen LogP contribution in [-0.4, -0.2) is 36.3 Å². The van der Waals surface area contributed by atoms with Crippen molar-refractivity contribution in [2.75, 3.05) is 25.6 Å². The number of esters is 1. The van der Waals surface area contributed by atoms with E-state index in [2.05, 4.69) is 20.9 Å². The summed E-state index contributed by atoms with van der Waals surface area (Å²) in [6, 6.07) is 10.6. The van der Waals surface area contributed by atoms with Gasteiger partial charge in [-0.25, -0.2) is 9.79 Å². The zero-order valence-electron chi connectivity index (χ0n) is 19.5. The molecule has 0 saturated heterocycles. The molecule has 0 amide bonds. The second kappa shape index (κ2) is 10.3. The molecular formula is C25H23BrIN3O4S. The van der Waals surface area contributed by atoms with Crippen LogP contribution in [0, 0.1) is 3.57 Å². The Balaban J connectivity index is 1.96. The van der Waals surface area contributed by atoms with Crippen molar-refractivity contribution in [3.8, 4) is 5.75 Å². The fraction of sp³-hybridized carbons (Fsp3) is 0.240. The van der Waals surface area contributed by atoms with Crippen molar-refractivity contribution >= 4 is 67.6 Å². The monoisotopic (exact) mass is 667 g/mol. The normalized spacial score (nSPS) is 15.6. The second-order valence-corrected chi connectivity index (χ2v) is 11.2. The molecule has 0 saturated carbocycles. The molecule has 1 atom stereocenters. The van der Waals surface area contributed by atoms with Crippen LogP contribution in [-0.2, 0) is 9.53 Å². The Morgan fingerprint density at radius 2 is 2.00 bits per heavy atom. The van der Waals surface area contributed by atoms with Crippen molar-refractivity contribution in [1.82, 2.24) is 4.57 Å². The standard InChI is InChI=1S/C25H23BrIN3O4S/c1-5-34-24(33)20-13(2)28-25-30(21(20)14-6-8-17(9-7-14)29(3)4)23(32)19(35-25)11-15-10-16(26)12-18(27)22(15)31/h6-12,21,31H,5H2,1-4H3/t21-/m1/s1. The Labute approximate surface area is 228 Å². The van der Waals surface area contributed by atoms with Crippen molar-refractivity contribution in [2.24, 2.45) is 4.99 Å². The summed E-state index contributed by atoms with van der Waals surface area (Å²) in [5.41, 5.74) is 2.85. The third-order valence-electron chi connectivity index (χ3n) is 5.59. The Hall–Kier alpha value is -2.44. The third kappa shape index (κ3) is 4.96. The van der Waals surface area contributed by atoms with Gasteiger partial charge in [0.2, 0.25) is 0 Å². The van der Waals surface area contributed by atoms with E-state index < -0.39 is 12.0 Å². The maximum atomic E-state index is 13.7. The summed E-state index contributed by atoms with van der Waals surface area (Å²) in [5.74, 6) is -0.400. The van der Waals surface area contributed by atoms with E-state index in [0.717, 1.165) is 15.7 Å². The molecule has 0 radical (unpaired) electrons. The van der Waals surface area contributed by atoms with Gasteiger partial charge in [0.05, 0.1) is 32.0 Å². The highest BCUT2D eigenvalue weighted by Crippen LogP contribution is 2.32. The lowest BCUT2D eigenvalue weighted by molar-refractivity contribution is -0.139. The van der Waals surface area contributed by atoms with Crippen LogP contribution >= 0.6 is 49.9 Å². The minimum absolute atomic E-state index is 0.0962. The maximum Gasteiger partial charge on any atom is 0.338 e. The number of phenolic OH excluding ortho intramolecular Hbond substituents is 1. The number of phenols is 1. The first-order valence-corrected chi connectivity index (χ1v) is 13.5. The van der Waals surface area contributed by atoms with Gasteiger partial charge < -0.3 is 14.7 Å². The minimum atomic E-state index is -0.681. The summed E-state index contributed by atoms with van der Waals surface area (Å²) in [7, 11) is 3.90. The van der Waals surface area contributed by atoms with Crippen molar-refractivity contribution in [1.29, 1.82) is 0 Å². The van der Waals surface area contributed by atoms with Crippen LogP contribution in [0.25, 0.3) is 6.08 Å². The summed E-state index contributed by atoms with van der Waals surface area (Å²) >= 11 is 6.70. The number of thiazole rings is 1. The van der Waals surface area contributed by atoms with Crippen LogP contribution in [0.5, 0.6) is 5.75 Å². The first-order valence-electron chi connectivity index (χ1n) is 10.8. The maximum absolute atomic E-state index is 13.7. The summed E-state index contributed by atoms with van der Waals surface area (Å²) in [6.45, 7) is 3.72. The molecule has 35 heavy (non-hydrogen) atoms. The fourth-order valence-electron chi connectivity index (χ4n) is 3.90. The van der Waals surface area contributed by atoms with Gasteiger partial charge in [0.15, 0.2) is 4.80 Å². The van der Waals surface area contributed by atoms with E-state index in [1.807, 2.05) is 65.9 Å². The number of anilines is 1. The molecule has 2 aromatic carbocycles. The predicted octanol–water partition coefficient (Wildman–Crippen LogP) is 3.94. The minimum Gasteiger partial charge on any atom is -0.506 e. The number of hydrogen-bond donors (Lipinski definition) is 1. The van der Waals surface area contributed by atoms with Gasteiger partial charge in [0.1, 0.15) is 5.75 Å². The molecule has 0 spiro atoms. The van der Waals surface area contributed by atoms with Gasteiger partial charge in [-0.05, 0) is 72.3 Å². The number of allylic oxidation sites excluding steroid dienone is 1. The summed E-state index contributed by atoms with van der Waals surface area (Å²) in [6.07, 6.45) is 1.65. The van der Waals surface area contributed by atoms with Crippen LogP contribution in [0.1, 0.15) is 31.0 Å². The molecule has 1 aromatic heterocycles. The lowest BCUT2D eigenvalue weighted by Crippen LogP contribution is -2.39. The number of aromatic hydroxyl groups is 1. The Kier molecular flexibility index (Phi) is 7.53. The Morgan fingerprint density at radius 1 is 1.31 bits per heavy atom. The SMILES string of the molecule is CCOC(=O)C1=C(C)N=c2sc(=Cc3cc(Br)cc(I)c3O)c(=O)n2[C@@H]1c1ccc(N(C)C)cc1. The van der Waals surface area contributed by atoms with E-state index in [9.17, 15) is 14.7 Å². The highest BCUT2D eigenvalue weighted by molar-refractivity contribution is 14.1. The Bertz CT molecular complexity index is 1520. The van der Waals surface area contributed by atoms with Gasteiger partial charge in [0.25, 0.3) is 5.56 Å². The van der Waals surface area contributed by atoms with E-state index in [0.29, 0.717) is 29.7 Å². The van der Waals surface area contributed by atoms with Crippen molar-refractivity contribution in [2.45, 2.75) is 19.9 Å². The molecule has 1 N–H and O–H groups in total.